The molecule has 4 nitrogen and oxygen atoms in total. The summed E-state index contributed by atoms with van der Waals surface area (Å²) in [5.41, 5.74) is 6.12. The molecular formula is C15H18N4. The Bertz CT molecular complexity index is 568. The van der Waals surface area contributed by atoms with Gasteiger partial charge >= 0.3 is 0 Å². The van der Waals surface area contributed by atoms with E-state index in [0.717, 1.165) is 23.5 Å². The van der Waals surface area contributed by atoms with Gasteiger partial charge in [0.15, 0.2) is 5.82 Å². The number of nitrogens with zero attached hydrogens (tertiary/aromatic N) is 2. The van der Waals surface area contributed by atoms with Crippen LogP contribution in [0.3, 0.4) is 0 Å². The third kappa shape index (κ3) is 2.44. The van der Waals surface area contributed by atoms with Crippen molar-refractivity contribution in [3.05, 3.63) is 41.6 Å². The summed E-state index contributed by atoms with van der Waals surface area (Å²) in [6.45, 7) is 2.08. The molecule has 4 heteroatoms. The summed E-state index contributed by atoms with van der Waals surface area (Å²) in [6.07, 6.45) is 3.41. The molecule has 0 unspecified atom stereocenters. The molecule has 3 N–H and O–H groups in total. The van der Waals surface area contributed by atoms with Gasteiger partial charge in [-0.1, -0.05) is 31.2 Å². The molecule has 1 aromatic heterocycles. The maximum Gasteiger partial charge on any atom is 0.162 e. The fourth-order valence-corrected chi connectivity index (χ4v) is 2.32. The number of nitrogens with two attached hydrogens (primary N) is 1. The van der Waals surface area contributed by atoms with Gasteiger partial charge in [-0.15, -0.1) is 0 Å². The largest absolute Gasteiger partial charge is 0.308 e. The molecule has 2 aromatic rings. The van der Waals surface area contributed by atoms with Crippen LogP contribution in [0, 0.1) is 0 Å². The molecule has 0 atom stereocenters. The number of benzene rings is 1. The number of aryl methyl sites for hydroxylation is 1. The van der Waals surface area contributed by atoms with Crippen molar-refractivity contribution in [2.75, 3.05) is 5.43 Å². The van der Waals surface area contributed by atoms with Gasteiger partial charge in [-0.05, 0) is 30.7 Å². The zero-order chi connectivity index (χ0) is 13.2. The van der Waals surface area contributed by atoms with E-state index in [1.54, 1.807) is 0 Å². The highest BCUT2D eigenvalue weighted by Crippen LogP contribution is 2.43. The van der Waals surface area contributed by atoms with Crippen LogP contribution in [0.5, 0.6) is 0 Å². The highest BCUT2D eigenvalue weighted by Gasteiger charge is 2.26. The predicted molar refractivity (Wildman–Crippen MR) is 76.6 cm³/mol. The average molecular weight is 254 g/mol. The molecule has 1 heterocycles. The van der Waals surface area contributed by atoms with E-state index in [1.807, 2.05) is 12.1 Å². The van der Waals surface area contributed by atoms with Crippen molar-refractivity contribution in [2.45, 2.75) is 32.1 Å². The molecule has 0 saturated heterocycles. The third-order valence-electron chi connectivity index (χ3n) is 3.51. The number of hydrazine groups is 1. The molecule has 0 radical (unpaired) electrons. The van der Waals surface area contributed by atoms with E-state index < -0.39 is 0 Å². The van der Waals surface area contributed by atoms with Crippen LogP contribution < -0.4 is 11.3 Å². The van der Waals surface area contributed by atoms with Gasteiger partial charge in [-0.3, -0.25) is 0 Å². The minimum atomic E-state index is 0.674. The van der Waals surface area contributed by atoms with Gasteiger partial charge in [-0.2, -0.15) is 0 Å². The number of anilines is 1. The zero-order valence-electron chi connectivity index (χ0n) is 11.1. The summed E-state index contributed by atoms with van der Waals surface area (Å²) in [4.78, 5) is 9.13. The summed E-state index contributed by atoms with van der Waals surface area (Å²) in [7, 11) is 0. The van der Waals surface area contributed by atoms with Crippen molar-refractivity contribution in [1.29, 1.82) is 0 Å². The Morgan fingerprint density at radius 1 is 1.26 bits per heavy atom. The molecule has 1 aliphatic carbocycles. The molecule has 0 spiro atoms. The Morgan fingerprint density at radius 2 is 2.05 bits per heavy atom. The Labute approximate surface area is 113 Å². The first-order valence-corrected chi connectivity index (χ1v) is 6.75. The minimum Gasteiger partial charge on any atom is -0.308 e. The second kappa shape index (κ2) is 4.97. The summed E-state index contributed by atoms with van der Waals surface area (Å²) in [5.74, 6) is 7.62. The fraction of sp³-hybridized carbons (Fsp3) is 0.333. The lowest BCUT2D eigenvalue weighted by atomic mass is 10.0. The van der Waals surface area contributed by atoms with Crippen LogP contribution in [-0.2, 0) is 6.42 Å². The number of hydrogen-bond donors (Lipinski definition) is 2. The van der Waals surface area contributed by atoms with Crippen LogP contribution in [0.1, 0.15) is 36.9 Å². The summed E-state index contributed by atoms with van der Waals surface area (Å²) in [6, 6.07) is 10.3. The Hall–Kier alpha value is -1.94. The van der Waals surface area contributed by atoms with Crippen LogP contribution in [0.2, 0.25) is 0 Å². The van der Waals surface area contributed by atoms with Gasteiger partial charge in [0.05, 0.1) is 0 Å². The molecular weight excluding hydrogens is 236 g/mol. The first kappa shape index (κ1) is 12.1. The smallest absolute Gasteiger partial charge is 0.162 e. The Kier molecular flexibility index (Phi) is 3.17. The standard InChI is InChI=1S/C15H18N4/c1-2-11-9-14(19-16)18-15(17-11)13-6-4-3-5-12(13)10-7-8-10/h3-6,9-10H,2,7-8,16H2,1H3,(H,17,18,19). The SMILES string of the molecule is CCc1cc(NN)nc(-c2ccccc2C2CC2)n1. The molecule has 0 amide bonds. The highest BCUT2D eigenvalue weighted by atomic mass is 15.3. The lowest BCUT2D eigenvalue weighted by Crippen LogP contribution is -2.10. The molecule has 0 aliphatic heterocycles. The Balaban J connectivity index is 2.10. The molecule has 1 fully saturated rings. The van der Waals surface area contributed by atoms with Crippen molar-refractivity contribution in [2.24, 2.45) is 5.84 Å². The Morgan fingerprint density at radius 3 is 2.74 bits per heavy atom. The first-order chi connectivity index (χ1) is 9.31. The number of hydrogen-bond acceptors (Lipinski definition) is 4. The van der Waals surface area contributed by atoms with E-state index in [4.69, 9.17) is 5.84 Å². The fourth-order valence-electron chi connectivity index (χ4n) is 2.32. The maximum absolute atomic E-state index is 5.49. The van der Waals surface area contributed by atoms with Crippen LogP contribution in [0.4, 0.5) is 5.82 Å². The highest BCUT2D eigenvalue weighted by molar-refractivity contribution is 5.63. The molecule has 1 aromatic carbocycles. The number of aromatic nitrogens is 2. The van der Waals surface area contributed by atoms with E-state index in [1.165, 1.54) is 18.4 Å². The van der Waals surface area contributed by atoms with Gasteiger partial charge in [0.2, 0.25) is 0 Å². The number of rotatable bonds is 4. The van der Waals surface area contributed by atoms with Gasteiger partial charge in [0.25, 0.3) is 0 Å². The second-order valence-corrected chi connectivity index (χ2v) is 4.93. The van der Waals surface area contributed by atoms with Crippen molar-refractivity contribution < 1.29 is 0 Å². The van der Waals surface area contributed by atoms with Gasteiger partial charge in [0.1, 0.15) is 5.82 Å². The van der Waals surface area contributed by atoms with E-state index >= 15 is 0 Å². The molecule has 19 heavy (non-hydrogen) atoms. The van der Waals surface area contributed by atoms with Gasteiger partial charge < -0.3 is 5.43 Å². The average Bonchev–Trinajstić information content (AvgIpc) is 3.31. The monoisotopic (exact) mass is 254 g/mol. The van der Waals surface area contributed by atoms with E-state index in [0.29, 0.717) is 11.7 Å². The van der Waals surface area contributed by atoms with E-state index in [9.17, 15) is 0 Å². The lowest BCUT2D eigenvalue weighted by molar-refractivity contribution is 0.995. The molecule has 98 valence electrons. The van der Waals surface area contributed by atoms with Crippen molar-refractivity contribution in [3.63, 3.8) is 0 Å². The number of nitrogen functional groups attached to an aromatic ring is 1. The summed E-state index contributed by atoms with van der Waals surface area (Å²) >= 11 is 0. The summed E-state index contributed by atoms with van der Waals surface area (Å²) < 4.78 is 0. The van der Waals surface area contributed by atoms with E-state index in [-0.39, 0.29) is 0 Å². The quantitative estimate of drug-likeness (QED) is 0.650. The minimum absolute atomic E-state index is 0.674. The molecule has 3 rings (SSSR count). The van der Waals surface area contributed by atoms with Gasteiger partial charge in [-0.25, -0.2) is 15.8 Å². The first-order valence-electron chi connectivity index (χ1n) is 6.75. The normalized spacial score (nSPS) is 14.4. The van der Waals surface area contributed by atoms with E-state index in [2.05, 4.69) is 40.5 Å². The topological polar surface area (TPSA) is 63.8 Å². The molecule has 1 saturated carbocycles. The van der Waals surface area contributed by atoms with Crippen molar-refractivity contribution in [1.82, 2.24) is 9.97 Å². The summed E-state index contributed by atoms with van der Waals surface area (Å²) in [5, 5.41) is 0. The van der Waals surface area contributed by atoms with Crippen molar-refractivity contribution in [3.8, 4) is 11.4 Å². The predicted octanol–water partition coefficient (Wildman–Crippen LogP) is 2.87. The lowest BCUT2D eigenvalue weighted by Gasteiger charge is -2.10. The molecule has 1 aliphatic rings. The number of nitrogens with one attached hydrogen (secondary N) is 1. The zero-order valence-corrected chi connectivity index (χ0v) is 11.1. The van der Waals surface area contributed by atoms with Crippen molar-refractivity contribution >= 4 is 5.82 Å². The van der Waals surface area contributed by atoms with Crippen LogP contribution in [-0.4, -0.2) is 9.97 Å². The second-order valence-electron chi connectivity index (χ2n) is 4.93. The van der Waals surface area contributed by atoms with Crippen LogP contribution in [0.25, 0.3) is 11.4 Å². The van der Waals surface area contributed by atoms with Gasteiger partial charge in [0, 0.05) is 17.3 Å². The van der Waals surface area contributed by atoms with Crippen LogP contribution >= 0.6 is 0 Å². The van der Waals surface area contributed by atoms with Crippen LogP contribution in [0.15, 0.2) is 30.3 Å². The molecule has 0 bridgehead atoms. The third-order valence-corrected chi connectivity index (χ3v) is 3.51. The maximum atomic E-state index is 5.49.